The maximum absolute atomic E-state index is 4.83. The van der Waals surface area contributed by atoms with Crippen molar-refractivity contribution in [2.45, 2.75) is 6.92 Å². The Morgan fingerprint density at radius 2 is 1.52 bits per heavy atom. The van der Waals surface area contributed by atoms with Crippen LogP contribution in [-0.2, 0) is 0 Å². The van der Waals surface area contributed by atoms with E-state index in [-0.39, 0.29) is 0 Å². The van der Waals surface area contributed by atoms with Gasteiger partial charge in [0.2, 0.25) is 0 Å². The van der Waals surface area contributed by atoms with Crippen LogP contribution in [0.25, 0.3) is 39.6 Å². The van der Waals surface area contributed by atoms with Gasteiger partial charge in [-0.2, -0.15) is 0 Å². The summed E-state index contributed by atoms with van der Waals surface area (Å²) in [5.74, 6) is 1.38. The number of para-hydroxylation sites is 3. The van der Waals surface area contributed by atoms with Gasteiger partial charge in [0.25, 0.3) is 0 Å². The highest BCUT2D eigenvalue weighted by molar-refractivity contribution is 5.82. The van der Waals surface area contributed by atoms with Gasteiger partial charge in [0.1, 0.15) is 5.82 Å². The van der Waals surface area contributed by atoms with Gasteiger partial charge in [-0.25, -0.2) is 4.98 Å². The zero-order valence-electron chi connectivity index (χ0n) is 14.9. The zero-order chi connectivity index (χ0) is 18.2. The second kappa shape index (κ2) is 6.25. The standard InChI is InChI=1S/C23H17N4/c1-16-9-5-6-12-18(16)20-15-24-22(25-20)23-26-19-13-7-8-14-21(19)27(23)17-10-3-2-4-11-17/h2-15H,1H3/q-1. The smallest absolute Gasteiger partial charge is 0.137 e. The van der Waals surface area contributed by atoms with Crippen LogP contribution < -0.4 is 4.98 Å². The van der Waals surface area contributed by atoms with Crippen molar-refractivity contribution in [1.82, 2.24) is 19.5 Å². The molecule has 5 rings (SSSR count). The van der Waals surface area contributed by atoms with E-state index < -0.39 is 0 Å². The second-order valence-electron chi connectivity index (χ2n) is 6.49. The van der Waals surface area contributed by atoms with Gasteiger partial charge in [-0.05, 0) is 53.8 Å². The van der Waals surface area contributed by atoms with Gasteiger partial charge in [-0.1, -0.05) is 60.8 Å². The highest BCUT2D eigenvalue weighted by atomic mass is 15.1. The molecule has 4 heteroatoms. The molecule has 130 valence electrons. The number of rotatable bonds is 3. The van der Waals surface area contributed by atoms with E-state index in [9.17, 15) is 0 Å². The Balaban J connectivity index is 1.72. The molecular formula is C23H17N4-. The van der Waals surface area contributed by atoms with Crippen LogP contribution >= 0.6 is 0 Å². The summed E-state index contributed by atoms with van der Waals surface area (Å²) in [6.45, 7) is 2.09. The first-order chi connectivity index (χ1) is 13.3. The molecule has 2 aromatic heterocycles. The van der Waals surface area contributed by atoms with E-state index in [2.05, 4.69) is 46.8 Å². The lowest BCUT2D eigenvalue weighted by molar-refractivity contribution is 1.06. The van der Waals surface area contributed by atoms with Crippen LogP contribution in [0.1, 0.15) is 5.56 Å². The lowest BCUT2D eigenvalue weighted by Crippen LogP contribution is -1.98. The summed E-state index contributed by atoms with van der Waals surface area (Å²) in [5, 5.41) is 0. The molecule has 0 aliphatic rings. The Bertz CT molecular complexity index is 1230. The minimum absolute atomic E-state index is 0.633. The summed E-state index contributed by atoms with van der Waals surface area (Å²) >= 11 is 0. The molecule has 0 aliphatic carbocycles. The summed E-state index contributed by atoms with van der Waals surface area (Å²) in [6.07, 6.45) is 1.83. The highest BCUT2D eigenvalue weighted by Crippen LogP contribution is 2.29. The fraction of sp³-hybridized carbons (Fsp3) is 0.0435. The lowest BCUT2D eigenvalue weighted by atomic mass is 10.1. The molecule has 0 spiro atoms. The number of aryl methyl sites for hydroxylation is 1. The van der Waals surface area contributed by atoms with Crippen LogP contribution in [0.4, 0.5) is 0 Å². The average molecular weight is 349 g/mol. The summed E-state index contributed by atoms with van der Waals surface area (Å²) in [7, 11) is 0. The summed E-state index contributed by atoms with van der Waals surface area (Å²) < 4.78 is 2.12. The van der Waals surface area contributed by atoms with E-state index in [1.807, 2.05) is 54.7 Å². The van der Waals surface area contributed by atoms with Crippen molar-refractivity contribution in [3.05, 3.63) is 90.6 Å². The largest absolute Gasteiger partial charge is 0.439 e. The number of hydrogen-bond donors (Lipinski definition) is 0. The van der Waals surface area contributed by atoms with Crippen molar-refractivity contribution in [3.8, 4) is 28.6 Å². The van der Waals surface area contributed by atoms with E-state index in [1.54, 1.807) is 0 Å². The number of benzene rings is 3. The maximum atomic E-state index is 4.83. The van der Waals surface area contributed by atoms with Crippen LogP contribution in [-0.4, -0.2) is 14.5 Å². The van der Waals surface area contributed by atoms with Crippen molar-refractivity contribution in [1.29, 1.82) is 0 Å². The van der Waals surface area contributed by atoms with Crippen molar-refractivity contribution < 1.29 is 0 Å². The SMILES string of the molecule is Cc1ccccc1-c1c[n-]c(-c2nc3ccccc3n2-c2ccccc2)n1. The number of hydrogen-bond acceptors (Lipinski definition) is 2. The molecule has 0 bridgehead atoms. The van der Waals surface area contributed by atoms with Crippen molar-refractivity contribution in [2.24, 2.45) is 0 Å². The fourth-order valence-electron chi connectivity index (χ4n) is 3.41. The third kappa shape index (κ3) is 2.62. The Morgan fingerprint density at radius 3 is 2.37 bits per heavy atom. The van der Waals surface area contributed by atoms with Crippen LogP contribution in [0.3, 0.4) is 0 Å². The maximum Gasteiger partial charge on any atom is 0.137 e. The Labute approximate surface area is 157 Å². The minimum Gasteiger partial charge on any atom is -0.439 e. The Morgan fingerprint density at radius 1 is 0.778 bits per heavy atom. The van der Waals surface area contributed by atoms with E-state index in [0.29, 0.717) is 5.82 Å². The van der Waals surface area contributed by atoms with E-state index in [1.165, 1.54) is 5.56 Å². The molecule has 3 aromatic carbocycles. The molecular weight excluding hydrogens is 332 g/mol. The molecule has 0 atom stereocenters. The number of nitrogens with zero attached hydrogens (tertiary/aromatic N) is 4. The van der Waals surface area contributed by atoms with Crippen molar-refractivity contribution in [2.75, 3.05) is 0 Å². The predicted octanol–water partition coefficient (Wildman–Crippen LogP) is 5.02. The number of imidazole rings is 2. The third-order valence-electron chi connectivity index (χ3n) is 4.73. The van der Waals surface area contributed by atoms with Crippen LogP contribution in [0.5, 0.6) is 0 Å². The van der Waals surface area contributed by atoms with Crippen LogP contribution in [0.2, 0.25) is 0 Å². The molecule has 4 nitrogen and oxygen atoms in total. The summed E-state index contributed by atoms with van der Waals surface area (Å²) in [5.41, 5.74) is 6.16. The molecule has 0 N–H and O–H groups in total. The van der Waals surface area contributed by atoms with Gasteiger partial charge in [0.15, 0.2) is 0 Å². The zero-order valence-corrected chi connectivity index (χ0v) is 14.9. The van der Waals surface area contributed by atoms with Gasteiger partial charge in [0, 0.05) is 5.69 Å². The molecule has 0 radical (unpaired) electrons. The quantitative estimate of drug-likeness (QED) is 0.459. The van der Waals surface area contributed by atoms with Crippen LogP contribution in [0, 0.1) is 6.92 Å². The second-order valence-corrected chi connectivity index (χ2v) is 6.49. The van der Waals surface area contributed by atoms with Gasteiger partial charge < -0.3 is 9.97 Å². The van der Waals surface area contributed by atoms with Crippen LogP contribution in [0.15, 0.2) is 85.1 Å². The third-order valence-corrected chi connectivity index (χ3v) is 4.73. The molecule has 0 aliphatic heterocycles. The van der Waals surface area contributed by atoms with Gasteiger partial charge in [-0.15, -0.1) is 0 Å². The molecule has 2 heterocycles. The topological polar surface area (TPSA) is 44.8 Å². The minimum atomic E-state index is 0.633. The summed E-state index contributed by atoms with van der Waals surface area (Å²) in [6, 6.07) is 26.5. The fourth-order valence-corrected chi connectivity index (χ4v) is 3.41. The Kier molecular flexibility index (Phi) is 3.61. The van der Waals surface area contributed by atoms with E-state index in [4.69, 9.17) is 9.97 Å². The molecule has 0 saturated heterocycles. The average Bonchev–Trinajstić information content (AvgIpc) is 3.34. The van der Waals surface area contributed by atoms with Crippen molar-refractivity contribution >= 4 is 11.0 Å². The molecule has 0 saturated carbocycles. The van der Waals surface area contributed by atoms with Gasteiger partial charge in [-0.3, -0.25) is 4.57 Å². The Hall–Kier alpha value is -3.66. The van der Waals surface area contributed by atoms with Gasteiger partial charge >= 0.3 is 0 Å². The first-order valence-corrected chi connectivity index (χ1v) is 8.90. The molecule has 0 fully saturated rings. The monoisotopic (exact) mass is 349 g/mol. The molecule has 0 unspecified atom stereocenters. The lowest BCUT2D eigenvalue weighted by Gasteiger charge is -2.11. The predicted molar refractivity (Wildman–Crippen MR) is 108 cm³/mol. The first kappa shape index (κ1) is 15.6. The molecule has 5 aromatic rings. The normalized spacial score (nSPS) is 11.1. The highest BCUT2D eigenvalue weighted by Gasteiger charge is 2.12. The van der Waals surface area contributed by atoms with E-state index in [0.717, 1.165) is 33.8 Å². The number of fused-ring (bicyclic) bond motifs is 1. The molecule has 27 heavy (non-hydrogen) atoms. The van der Waals surface area contributed by atoms with Crippen molar-refractivity contribution in [3.63, 3.8) is 0 Å². The molecule has 0 amide bonds. The summed E-state index contributed by atoms with van der Waals surface area (Å²) in [4.78, 5) is 14.2. The first-order valence-electron chi connectivity index (χ1n) is 8.90. The number of aromatic nitrogens is 4. The van der Waals surface area contributed by atoms with Gasteiger partial charge in [0.05, 0.1) is 11.0 Å². The van der Waals surface area contributed by atoms with E-state index >= 15 is 0 Å².